The summed E-state index contributed by atoms with van der Waals surface area (Å²) >= 11 is 4.56. The molecule has 1 aromatic rings. The molecule has 6 heteroatoms. The first-order chi connectivity index (χ1) is 7.99. The van der Waals surface area contributed by atoms with E-state index in [1.165, 1.54) is 5.56 Å². The van der Waals surface area contributed by atoms with E-state index in [-0.39, 0.29) is 10.7 Å². The Morgan fingerprint density at radius 1 is 1.29 bits per heavy atom. The molecular formula is C11H16N2O2S2. The highest BCUT2D eigenvalue weighted by molar-refractivity contribution is 7.92. The van der Waals surface area contributed by atoms with Crippen molar-refractivity contribution in [2.24, 2.45) is 5.73 Å². The van der Waals surface area contributed by atoms with Gasteiger partial charge in [0.1, 0.15) is 5.75 Å². The van der Waals surface area contributed by atoms with Crippen LogP contribution in [0.1, 0.15) is 12.0 Å². The number of nitrogens with two attached hydrogens (primary N) is 1. The number of thiocarbonyl (C=S) groups is 1. The maximum absolute atomic E-state index is 11.4. The molecule has 0 radical (unpaired) electrons. The summed E-state index contributed by atoms with van der Waals surface area (Å²) in [6.07, 6.45) is 1.59. The normalized spacial score (nSPS) is 11.3. The van der Waals surface area contributed by atoms with Crippen molar-refractivity contribution in [2.75, 3.05) is 12.3 Å². The zero-order valence-corrected chi connectivity index (χ0v) is 11.1. The van der Waals surface area contributed by atoms with Crippen molar-refractivity contribution in [3.63, 3.8) is 0 Å². The Hall–Kier alpha value is -0.980. The monoisotopic (exact) mass is 272 g/mol. The number of sulfonamides is 1. The number of nitrogens with one attached hydrogen (secondary N) is 1. The summed E-state index contributed by atoms with van der Waals surface area (Å²) in [5.41, 5.74) is 6.38. The fraction of sp³-hybridized carbons (Fsp3) is 0.364. The molecule has 1 aromatic carbocycles. The Bertz CT molecular complexity index is 458. The van der Waals surface area contributed by atoms with E-state index in [1.54, 1.807) is 0 Å². The Morgan fingerprint density at radius 3 is 2.53 bits per heavy atom. The van der Waals surface area contributed by atoms with Crippen molar-refractivity contribution in [1.29, 1.82) is 0 Å². The number of hydrogen-bond donors (Lipinski definition) is 2. The second kappa shape index (κ2) is 6.68. The average Bonchev–Trinajstić information content (AvgIpc) is 2.24. The minimum absolute atomic E-state index is 0.0134. The zero-order valence-electron chi connectivity index (χ0n) is 9.43. The van der Waals surface area contributed by atoms with Crippen LogP contribution in [0, 0.1) is 0 Å². The van der Waals surface area contributed by atoms with Gasteiger partial charge >= 0.3 is 0 Å². The topological polar surface area (TPSA) is 72.2 Å². The van der Waals surface area contributed by atoms with E-state index in [1.807, 2.05) is 30.3 Å². The van der Waals surface area contributed by atoms with Crippen LogP contribution in [0.25, 0.3) is 0 Å². The highest BCUT2D eigenvalue weighted by Gasteiger charge is 2.10. The summed E-state index contributed by atoms with van der Waals surface area (Å²) in [5, 5.41) is 0. The number of hydrogen-bond acceptors (Lipinski definition) is 3. The Balaban J connectivity index is 2.27. The van der Waals surface area contributed by atoms with Crippen molar-refractivity contribution >= 4 is 27.2 Å². The van der Waals surface area contributed by atoms with Crippen LogP contribution in [-0.4, -0.2) is 25.7 Å². The van der Waals surface area contributed by atoms with Gasteiger partial charge in [0.15, 0.2) is 0 Å². The lowest BCUT2D eigenvalue weighted by Gasteiger charge is -2.05. The molecule has 0 atom stereocenters. The third-order valence-corrected chi connectivity index (χ3v) is 3.80. The van der Waals surface area contributed by atoms with E-state index >= 15 is 0 Å². The van der Waals surface area contributed by atoms with Crippen LogP contribution >= 0.6 is 12.2 Å². The minimum Gasteiger partial charge on any atom is -0.392 e. The molecule has 3 N–H and O–H groups in total. The summed E-state index contributed by atoms with van der Waals surface area (Å²) in [5.74, 6) is -0.284. The lowest BCUT2D eigenvalue weighted by Crippen LogP contribution is -2.33. The van der Waals surface area contributed by atoms with Crippen LogP contribution in [0.4, 0.5) is 0 Å². The van der Waals surface area contributed by atoms with Crippen LogP contribution in [-0.2, 0) is 16.4 Å². The van der Waals surface area contributed by atoms with Crippen molar-refractivity contribution < 1.29 is 8.42 Å². The molecule has 17 heavy (non-hydrogen) atoms. The average molecular weight is 272 g/mol. The third-order valence-electron chi connectivity index (χ3n) is 2.14. The fourth-order valence-corrected chi connectivity index (χ4v) is 2.80. The molecular weight excluding hydrogens is 256 g/mol. The van der Waals surface area contributed by atoms with E-state index in [4.69, 9.17) is 5.73 Å². The van der Waals surface area contributed by atoms with E-state index in [0.717, 1.165) is 12.8 Å². The molecule has 0 bridgehead atoms. The van der Waals surface area contributed by atoms with Crippen molar-refractivity contribution in [3.05, 3.63) is 35.9 Å². The van der Waals surface area contributed by atoms with Gasteiger partial charge in [-0.05, 0) is 18.4 Å². The van der Waals surface area contributed by atoms with Crippen LogP contribution < -0.4 is 10.5 Å². The van der Waals surface area contributed by atoms with Crippen LogP contribution in [0.3, 0.4) is 0 Å². The first kappa shape index (κ1) is 14.1. The molecule has 0 aliphatic rings. The highest BCUT2D eigenvalue weighted by Crippen LogP contribution is 2.01. The van der Waals surface area contributed by atoms with E-state index in [9.17, 15) is 8.42 Å². The fourth-order valence-electron chi connectivity index (χ4n) is 1.40. The first-order valence-corrected chi connectivity index (χ1v) is 7.35. The van der Waals surface area contributed by atoms with Gasteiger partial charge in [-0.2, -0.15) is 0 Å². The maximum atomic E-state index is 11.4. The highest BCUT2D eigenvalue weighted by atomic mass is 32.2. The molecule has 0 spiro atoms. The predicted octanol–water partition coefficient (Wildman–Crippen LogP) is 0.825. The second-order valence-corrected chi connectivity index (χ2v) is 6.04. The lowest BCUT2D eigenvalue weighted by atomic mass is 10.1. The summed E-state index contributed by atoms with van der Waals surface area (Å²) in [6.45, 7) is 0.403. The van der Waals surface area contributed by atoms with Crippen LogP contribution in [0.2, 0.25) is 0 Å². The smallest absolute Gasteiger partial charge is 0.218 e. The lowest BCUT2D eigenvalue weighted by molar-refractivity contribution is 0.583. The van der Waals surface area contributed by atoms with Crippen molar-refractivity contribution in [2.45, 2.75) is 12.8 Å². The SMILES string of the molecule is NC(=S)CS(=O)(=O)NCCCc1ccccc1. The molecule has 0 aliphatic carbocycles. The third kappa shape index (κ3) is 6.35. The Labute approximate surface area is 107 Å². The summed E-state index contributed by atoms with van der Waals surface area (Å²) in [6, 6.07) is 9.92. The van der Waals surface area contributed by atoms with Gasteiger partial charge in [-0.25, -0.2) is 13.1 Å². The van der Waals surface area contributed by atoms with Gasteiger partial charge in [0.05, 0.1) is 4.99 Å². The zero-order chi connectivity index (χ0) is 12.7. The van der Waals surface area contributed by atoms with E-state index in [0.29, 0.717) is 6.54 Å². The van der Waals surface area contributed by atoms with Gasteiger partial charge in [0.2, 0.25) is 10.0 Å². The van der Waals surface area contributed by atoms with Crippen molar-refractivity contribution in [3.8, 4) is 0 Å². The second-order valence-electron chi connectivity index (χ2n) is 3.71. The Morgan fingerprint density at radius 2 is 1.94 bits per heavy atom. The predicted molar refractivity (Wildman–Crippen MR) is 73.3 cm³/mol. The molecule has 0 aliphatic heterocycles. The van der Waals surface area contributed by atoms with Gasteiger partial charge in [-0.1, -0.05) is 42.5 Å². The molecule has 0 fully saturated rings. The minimum atomic E-state index is -3.35. The summed E-state index contributed by atoms with van der Waals surface area (Å²) in [4.78, 5) is -0.0134. The molecule has 0 aromatic heterocycles. The molecule has 94 valence electrons. The molecule has 0 saturated carbocycles. The number of benzene rings is 1. The van der Waals surface area contributed by atoms with Crippen LogP contribution in [0.5, 0.6) is 0 Å². The first-order valence-electron chi connectivity index (χ1n) is 5.29. The van der Waals surface area contributed by atoms with Crippen molar-refractivity contribution in [1.82, 2.24) is 4.72 Å². The molecule has 4 nitrogen and oxygen atoms in total. The van der Waals surface area contributed by atoms with E-state index < -0.39 is 10.0 Å². The van der Waals surface area contributed by atoms with Gasteiger partial charge < -0.3 is 5.73 Å². The molecule has 0 amide bonds. The van der Waals surface area contributed by atoms with Gasteiger partial charge in [0, 0.05) is 6.54 Å². The van der Waals surface area contributed by atoms with Gasteiger partial charge in [0.25, 0.3) is 0 Å². The van der Waals surface area contributed by atoms with Gasteiger partial charge in [-0.3, -0.25) is 0 Å². The number of aryl methyl sites for hydroxylation is 1. The maximum Gasteiger partial charge on any atom is 0.218 e. The van der Waals surface area contributed by atoms with Gasteiger partial charge in [-0.15, -0.1) is 0 Å². The molecule has 0 saturated heterocycles. The largest absolute Gasteiger partial charge is 0.392 e. The molecule has 0 heterocycles. The molecule has 1 rings (SSSR count). The number of rotatable bonds is 7. The summed E-state index contributed by atoms with van der Waals surface area (Å²) < 4.78 is 25.2. The van der Waals surface area contributed by atoms with E-state index in [2.05, 4.69) is 16.9 Å². The van der Waals surface area contributed by atoms with Crippen LogP contribution in [0.15, 0.2) is 30.3 Å². The Kier molecular flexibility index (Phi) is 5.54. The quantitative estimate of drug-likeness (QED) is 0.569. The molecule has 0 unspecified atom stereocenters. The standard InChI is InChI=1S/C11H16N2O2S2/c12-11(16)9-17(14,15)13-8-4-7-10-5-2-1-3-6-10/h1-3,5-6,13H,4,7-9H2,(H2,12,16). The summed E-state index contributed by atoms with van der Waals surface area (Å²) in [7, 11) is -3.35.